The van der Waals surface area contributed by atoms with Gasteiger partial charge in [-0.05, 0) is 30.0 Å². The number of pyridine rings is 1. The average Bonchev–Trinajstić information content (AvgIpc) is 3.59. The predicted molar refractivity (Wildman–Crippen MR) is 140 cm³/mol. The van der Waals surface area contributed by atoms with Gasteiger partial charge in [0, 0.05) is 58.5 Å². The molecule has 0 bridgehead atoms. The first kappa shape index (κ1) is 22.0. The summed E-state index contributed by atoms with van der Waals surface area (Å²) < 4.78 is 11.5. The fraction of sp³-hybridized carbons (Fsp3) is 0.269. The Hall–Kier alpha value is -3.53. The Kier molecular flexibility index (Phi) is 6.03. The van der Waals surface area contributed by atoms with Gasteiger partial charge in [-0.3, -0.25) is 10.00 Å². The largest absolute Gasteiger partial charge is 0.492 e. The van der Waals surface area contributed by atoms with Gasteiger partial charge in [0.25, 0.3) is 0 Å². The van der Waals surface area contributed by atoms with Crippen LogP contribution < -0.4 is 10.1 Å². The highest BCUT2D eigenvalue weighted by Crippen LogP contribution is 2.37. The van der Waals surface area contributed by atoms with E-state index in [4.69, 9.17) is 14.5 Å². The van der Waals surface area contributed by atoms with E-state index in [1.54, 1.807) is 11.3 Å². The van der Waals surface area contributed by atoms with E-state index in [0.29, 0.717) is 12.4 Å². The lowest BCUT2D eigenvalue weighted by molar-refractivity contribution is 0.0322. The summed E-state index contributed by atoms with van der Waals surface area (Å²) in [6.07, 6.45) is 1.52. The van der Waals surface area contributed by atoms with E-state index in [1.807, 2.05) is 18.2 Å². The lowest BCUT2D eigenvalue weighted by atomic mass is 10.1. The molecule has 35 heavy (non-hydrogen) atoms. The third-order valence-electron chi connectivity index (χ3n) is 6.38. The van der Waals surface area contributed by atoms with Gasteiger partial charge in [-0.25, -0.2) is 9.97 Å². The maximum Gasteiger partial charge on any atom is 0.157 e. The smallest absolute Gasteiger partial charge is 0.157 e. The molecular weight excluding hydrogens is 460 g/mol. The highest BCUT2D eigenvalue weighted by molar-refractivity contribution is 7.09. The maximum atomic E-state index is 6.09. The molecule has 1 aliphatic rings. The zero-order valence-electron chi connectivity index (χ0n) is 19.5. The van der Waals surface area contributed by atoms with Crippen molar-refractivity contribution in [2.75, 3.05) is 44.8 Å². The summed E-state index contributed by atoms with van der Waals surface area (Å²) >= 11 is 1.67. The van der Waals surface area contributed by atoms with E-state index >= 15 is 0 Å². The van der Waals surface area contributed by atoms with Crippen molar-refractivity contribution in [3.63, 3.8) is 0 Å². The van der Waals surface area contributed by atoms with Gasteiger partial charge >= 0.3 is 0 Å². The van der Waals surface area contributed by atoms with E-state index in [0.717, 1.165) is 77.5 Å². The molecule has 2 aromatic carbocycles. The van der Waals surface area contributed by atoms with Crippen LogP contribution in [-0.2, 0) is 4.74 Å². The summed E-state index contributed by atoms with van der Waals surface area (Å²) in [7, 11) is 0. The number of rotatable bonds is 7. The summed E-state index contributed by atoms with van der Waals surface area (Å²) in [5.41, 5.74) is 3.91. The van der Waals surface area contributed by atoms with Gasteiger partial charge in [-0.1, -0.05) is 18.2 Å². The first-order chi connectivity index (χ1) is 17.3. The predicted octanol–water partition coefficient (Wildman–Crippen LogP) is 5.00. The highest BCUT2D eigenvalue weighted by atomic mass is 32.1. The number of morpholine rings is 1. The van der Waals surface area contributed by atoms with Crippen LogP contribution in [0.1, 0.15) is 5.56 Å². The number of fused-ring (bicyclic) bond motifs is 3. The molecule has 0 atom stereocenters. The van der Waals surface area contributed by atoms with Gasteiger partial charge in [-0.15, -0.1) is 0 Å². The van der Waals surface area contributed by atoms with Crippen molar-refractivity contribution in [3.8, 4) is 17.1 Å². The van der Waals surface area contributed by atoms with Crippen LogP contribution >= 0.6 is 11.3 Å². The van der Waals surface area contributed by atoms with Gasteiger partial charge in [0.1, 0.15) is 24.5 Å². The Balaban J connectivity index is 1.31. The number of aromatic amines is 1. The number of anilines is 2. The van der Waals surface area contributed by atoms with E-state index < -0.39 is 0 Å². The number of ether oxygens (including phenoxy) is 2. The SMILES string of the molecule is Cc1ccc(OCCN2CCOCC2)cc1Nc1nc2c(-c3ncn[nH]3)cccc2c2cscc12. The molecule has 0 unspecified atom stereocenters. The molecule has 1 aliphatic heterocycles. The minimum Gasteiger partial charge on any atom is -0.492 e. The summed E-state index contributed by atoms with van der Waals surface area (Å²) in [6, 6.07) is 12.3. The molecule has 4 heterocycles. The lowest BCUT2D eigenvalue weighted by Crippen LogP contribution is -2.38. The lowest BCUT2D eigenvalue weighted by Gasteiger charge is -2.26. The molecule has 0 radical (unpaired) electrons. The van der Waals surface area contributed by atoms with E-state index in [1.165, 1.54) is 11.7 Å². The number of para-hydroxylation sites is 1. The summed E-state index contributed by atoms with van der Waals surface area (Å²) in [4.78, 5) is 11.8. The normalized spacial score (nSPS) is 14.5. The zero-order valence-corrected chi connectivity index (χ0v) is 20.3. The number of thiophene rings is 1. The Morgan fingerprint density at radius 2 is 2.00 bits per heavy atom. The number of benzene rings is 2. The standard InChI is InChI=1S/C26H26N6O2S/c1-17-5-6-18(34-12-9-32-7-10-33-11-8-32)13-23(17)29-26-22-15-35-14-21(22)19-3-2-4-20(24(19)30-26)25-27-16-28-31-25/h2-6,13-16H,7-12H2,1H3,(H,29,30)(H,27,28,31). The summed E-state index contributed by atoms with van der Waals surface area (Å²) in [6.45, 7) is 7.15. The number of aromatic nitrogens is 4. The highest BCUT2D eigenvalue weighted by Gasteiger charge is 2.16. The summed E-state index contributed by atoms with van der Waals surface area (Å²) in [5.74, 6) is 2.36. The first-order valence-electron chi connectivity index (χ1n) is 11.7. The minimum atomic E-state index is 0.645. The van der Waals surface area contributed by atoms with Gasteiger partial charge in [0.15, 0.2) is 5.82 Å². The molecular formula is C26H26N6O2S. The fourth-order valence-corrected chi connectivity index (χ4v) is 5.27. The van der Waals surface area contributed by atoms with Crippen LogP contribution in [0, 0.1) is 6.92 Å². The second-order valence-corrected chi connectivity index (χ2v) is 9.34. The van der Waals surface area contributed by atoms with Crippen LogP contribution in [-0.4, -0.2) is 64.5 Å². The second-order valence-electron chi connectivity index (χ2n) is 8.60. The van der Waals surface area contributed by atoms with Crippen molar-refractivity contribution in [2.45, 2.75) is 6.92 Å². The van der Waals surface area contributed by atoms with Crippen LogP contribution in [0.2, 0.25) is 0 Å². The molecule has 0 amide bonds. The minimum absolute atomic E-state index is 0.645. The molecule has 0 saturated carbocycles. The number of hydrogen-bond donors (Lipinski definition) is 2. The molecule has 0 aliphatic carbocycles. The van der Waals surface area contributed by atoms with Gasteiger partial charge in [-0.2, -0.15) is 16.4 Å². The fourth-order valence-electron chi connectivity index (χ4n) is 4.43. The van der Waals surface area contributed by atoms with Crippen molar-refractivity contribution in [2.24, 2.45) is 0 Å². The molecule has 3 aromatic heterocycles. The summed E-state index contributed by atoms with van der Waals surface area (Å²) in [5, 5.41) is 18.3. The molecule has 178 valence electrons. The van der Waals surface area contributed by atoms with Gasteiger partial charge in [0.2, 0.25) is 0 Å². The number of H-pyrrole nitrogens is 1. The Labute approximate surface area is 206 Å². The molecule has 5 aromatic rings. The van der Waals surface area contributed by atoms with E-state index in [-0.39, 0.29) is 0 Å². The molecule has 8 nitrogen and oxygen atoms in total. The van der Waals surface area contributed by atoms with E-state index in [9.17, 15) is 0 Å². The van der Waals surface area contributed by atoms with Crippen molar-refractivity contribution in [1.29, 1.82) is 0 Å². The Bertz CT molecular complexity index is 1460. The number of aryl methyl sites for hydroxylation is 1. The first-order valence-corrected chi connectivity index (χ1v) is 12.7. The Morgan fingerprint density at radius 1 is 1.11 bits per heavy atom. The average molecular weight is 487 g/mol. The molecule has 9 heteroatoms. The van der Waals surface area contributed by atoms with Crippen LogP contribution in [0.5, 0.6) is 5.75 Å². The van der Waals surface area contributed by atoms with Crippen LogP contribution in [0.3, 0.4) is 0 Å². The van der Waals surface area contributed by atoms with Crippen molar-refractivity contribution < 1.29 is 9.47 Å². The third-order valence-corrected chi connectivity index (χ3v) is 7.12. The van der Waals surface area contributed by atoms with Crippen LogP contribution in [0.15, 0.2) is 53.5 Å². The number of nitrogens with zero attached hydrogens (tertiary/aromatic N) is 4. The molecule has 1 fully saturated rings. The van der Waals surface area contributed by atoms with Crippen LogP contribution in [0.25, 0.3) is 33.1 Å². The van der Waals surface area contributed by atoms with Crippen LogP contribution in [0.4, 0.5) is 11.5 Å². The molecule has 6 rings (SSSR count). The topological polar surface area (TPSA) is 88.2 Å². The number of hydrogen-bond acceptors (Lipinski definition) is 8. The molecule has 1 saturated heterocycles. The quantitative estimate of drug-likeness (QED) is 0.335. The number of nitrogens with one attached hydrogen (secondary N) is 2. The maximum absolute atomic E-state index is 6.09. The monoisotopic (exact) mass is 486 g/mol. The van der Waals surface area contributed by atoms with E-state index in [2.05, 4.69) is 61.3 Å². The third kappa shape index (κ3) is 4.45. The van der Waals surface area contributed by atoms with Crippen molar-refractivity contribution in [3.05, 3.63) is 59.0 Å². The molecule has 2 N–H and O–H groups in total. The van der Waals surface area contributed by atoms with Crippen molar-refractivity contribution in [1.82, 2.24) is 25.1 Å². The zero-order chi connectivity index (χ0) is 23.6. The van der Waals surface area contributed by atoms with Gasteiger partial charge in [0.05, 0.1) is 18.7 Å². The molecule has 0 spiro atoms. The second kappa shape index (κ2) is 9.61. The van der Waals surface area contributed by atoms with Gasteiger partial charge < -0.3 is 14.8 Å². The van der Waals surface area contributed by atoms with Crippen molar-refractivity contribution >= 4 is 44.5 Å². The Morgan fingerprint density at radius 3 is 2.86 bits per heavy atom.